The number of anilines is 1. The van der Waals surface area contributed by atoms with Gasteiger partial charge >= 0.3 is 0 Å². The highest BCUT2D eigenvalue weighted by molar-refractivity contribution is 7.89. The van der Waals surface area contributed by atoms with Crippen LogP contribution in [0.5, 0.6) is 0 Å². The third kappa shape index (κ3) is 4.60. The summed E-state index contributed by atoms with van der Waals surface area (Å²) in [6.07, 6.45) is 7.71. The predicted octanol–water partition coefficient (Wildman–Crippen LogP) is 4.60. The van der Waals surface area contributed by atoms with E-state index >= 15 is 0 Å². The van der Waals surface area contributed by atoms with Crippen LogP contribution in [-0.2, 0) is 23.0 Å². The van der Waals surface area contributed by atoms with Gasteiger partial charge in [-0.3, -0.25) is 10.1 Å². The SMILES string of the molecule is C#Cc1cc([N+](=O)[O-])cc(S(=O)(=O)N2CCc3c(Cl)cccc3C2)c1N(CCC)CCC. The highest BCUT2D eigenvalue weighted by atomic mass is 35.5. The smallest absolute Gasteiger partial charge is 0.272 e. The Morgan fingerprint density at radius 2 is 1.94 bits per heavy atom. The quantitative estimate of drug-likeness (QED) is 0.316. The maximum absolute atomic E-state index is 13.8. The number of terminal acetylenes is 1. The lowest BCUT2D eigenvalue weighted by atomic mass is 10.0. The molecule has 0 unspecified atom stereocenters. The maximum atomic E-state index is 13.8. The number of non-ortho nitro benzene ring substituents is 1. The molecule has 3 rings (SSSR count). The fourth-order valence-electron chi connectivity index (χ4n) is 4.09. The molecule has 9 heteroatoms. The lowest BCUT2D eigenvalue weighted by Gasteiger charge is -2.32. The highest BCUT2D eigenvalue weighted by Crippen LogP contribution is 2.37. The standard InChI is InChI=1S/C23H26ClN3O4S/c1-4-11-25(12-5-2)23-17(6-3)14-19(27(28)29)15-22(23)32(30,31)26-13-10-20-18(16-26)8-7-9-21(20)24/h3,7-9,14-15H,4-5,10-13,16H2,1-2H3. The number of sulfonamides is 1. The Hall–Kier alpha value is -2.60. The number of halogens is 1. The molecule has 0 spiro atoms. The van der Waals surface area contributed by atoms with E-state index in [0.29, 0.717) is 30.2 Å². The molecule has 0 amide bonds. The first-order valence-electron chi connectivity index (χ1n) is 10.5. The lowest BCUT2D eigenvalue weighted by molar-refractivity contribution is -0.385. The second-order valence-corrected chi connectivity index (χ2v) is 10.0. The number of hydrogen-bond donors (Lipinski definition) is 0. The van der Waals surface area contributed by atoms with Gasteiger partial charge in [0.25, 0.3) is 5.69 Å². The monoisotopic (exact) mass is 475 g/mol. The number of rotatable bonds is 8. The summed E-state index contributed by atoms with van der Waals surface area (Å²) in [5.41, 5.74) is 1.99. The van der Waals surface area contributed by atoms with Crippen LogP contribution in [0, 0.1) is 22.5 Å². The Kier molecular flexibility index (Phi) is 7.44. The van der Waals surface area contributed by atoms with E-state index in [4.69, 9.17) is 18.0 Å². The number of nitro benzene ring substituents is 1. The molecule has 1 heterocycles. The Bertz CT molecular complexity index is 1170. The van der Waals surface area contributed by atoms with Crippen LogP contribution >= 0.6 is 11.6 Å². The average Bonchev–Trinajstić information content (AvgIpc) is 2.77. The summed E-state index contributed by atoms with van der Waals surface area (Å²) in [4.78, 5) is 12.7. The minimum atomic E-state index is -4.07. The van der Waals surface area contributed by atoms with Crippen LogP contribution in [0.1, 0.15) is 43.4 Å². The first-order chi connectivity index (χ1) is 15.2. The van der Waals surface area contributed by atoms with Gasteiger partial charge in [0.05, 0.1) is 16.2 Å². The molecule has 7 nitrogen and oxygen atoms in total. The molecule has 2 aromatic carbocycles. The third-order valence-electron chi connectivity index (χ3n) is 5.52. The van der Waals surface area contributed by atoms with Crippen molar-refractivity contribution < 1.29 is 13.3 Å². The Balaban J connectivity index is 2.19. The molecule has 170 valence electrons. The average molecular weight is 476 g/mol. The van der Waals surface area contributed by atoms with Crippen LogP contribution in [0.4, 0.5) is 11.4 Å². The van der Waals surface area contributed by atoms with Crippen LogP contribution < -0.4 is 4.90 Å². The minimum absolute atomic E-state index is 0.118. The van der Waals surface area contributed by atoms with Crippen LogP contribution in [0.15, 0.2) is 35.2 Å². The van der Waals surface area contributed by atoms with E-state index in [2.05, 4.69) is 5.92 Å². The third-order valence-corrected chi connectivity index (χ3v) is 7.73. The van der Waals surface area contributed by atoms with Crippen molar-refractivity contribution in [3.05, 3.63) is 62.2 Å². The molecule has 0 aromatic heterocycles. The molecule has 0 saturated carbocycles. The number of fused-ring (bicyclic) bond motifs is 1. The van der Waals surface area contributed by atoms with E-state index in [1.54, 1.807) is 12.1 Å². The predicted molar refractivity (Wildman–Crippen MR) is 127 cm³/mol. The van der Waals surface area contributed by atoms with Gasteiger partial charge in [0.2, 0.25) is 10.0 Å². The summed E-state index contributed by atoms with van der Waals surface area (Å²) in [6.45, 7) is 5.52. The van der Waals surface area contributed by atoms with Gasteiger partial charge in [-0.2, -0.15) is 4.31 Å². The van der Waals surface area contributed by atoms with Gasteiger partial charge in [0, 0.05) is 43.3 Å². The van der Waals surface area contributed by atoms with E-state index in [1.165, 1.54) is 10.4 Å². The summed E-state index contributed by atoms with van der Waals surface area (Å²) in [6, 6.07) is 7.84. The number of hydrogen-bond acceptors (Lipinski definition) is 5. The topological polar surface area (TPSA) is 83.8 Å². The van der Waals surface area contributed by atoms with E-state index in [0.717, 1.165) is 30.0 Å². The fourth-order valence-corrected chi connectivity index (χ4v) is 6.05. The second kappa shape index (κ2) is 9.90. The van der Waals surface area contributed by atoms with Crippen LogP contribution in [0.2, 0.25) is 5.02 Å². The molecule has 1 aliphatic heterocycles. The molecular formula is C23H26ClN3O4S. The van der Waals surface area contributed by atoms with Crippen molar-refractivity contribution in [1.82, 2.24) is 4.31 Å². The summed E-state index contributed by atoms with van der Waals surface area (Å²) in [5, 5.41) is 12.2. The van der Waals surface area contributed by atoms with Crippen LogP contribution in [-0.4, -0.2) is 37.3 Å². The molecule has 32 heavy (non-hydrogen) atoms. The lowest BCUT2D eigenvalue weighted by Crippen LogP contribution is -2.37. The van der Waals surface area contributed by atoms with Crippen LogP contribution in [0.3, 0.4) is 0 Å². The van der Waals surface area contributed by atoms with E-state index in [1.807, 2.05) is 24.8 Å². The van der Waals surface area contributed by atoms with Crippen molar-refractivity contribution in [3.8, 4) is 12.3 Å². The zero-order chi connectivity index (χ0) is 23.5. The van der Waals surface area contributed by atoms with Crippen molar-refractivity contribution in [1.29, 1.82) is 0 Å². The highest BCUT2D eigenvalue weighted by Gasteiger charge is 2.34. The van der Waals surface area contributed by atoms with Gasteiger partial charge in [0.1, 0.15) is 4.90 Å². The summed E-state index contributed by atoms with van der Waals surface area (Å²) >= 11 is 6.28. The van der Waals surface area contributed by atoms with Crippen molar-refractivity contribution >= 4 is 33.0 Å². The first-order valence-corrected chi connectivity index (χ1v) is 12.4. The molecule has 2 aromatic rings. The van der Waals surface area contributed by atoms with Gasteiger partial charge in [-0.15, -0.1) is 6.42 Å². The Labute approximate surface area is 194 Å². The van der Waals surface area contributed by atoms with Gasteiger partial charge in [-0.25, -0.2) is 8.42 Å². The summed E-state index contributed by atoms with van der Waals surface area (Å²) in [7, 11) is -4.07. The number of benzene rings is 2. The van der Waals surface area contributed by atoms with Crippen molar-refractivity contribution in [2.24, 2.45) is 0 Å². The zero-order valence-corrected chi connectivity index (χ0v) is 19.7. The molecule has 0 bridgehead atoms. The van der Waals surface area contributed by atoms with Gasteiger partial charge < -0.3 is 4.90 Å². The van der Waals surface area contributed by atoms with Crippen molar-refractivity contribution in [2.75, 3.05) is 24.5 Å². The molecule has 0 N–H and O–H groups in total. The summed E-state index contributed by atoms with van der Waals surface area (Å²) in [5.74, 6) is 2.48. The number of nitro groups is 1. The molecule has 0 saturated heterocycles. The minimum Gasteiger partial charge on any atom is -0.369 e. The van der Waals surface area contributed by atoms with Crippen molar-refractivity contribution in [3.63, 3.8) is 0 Å². The molecule has 0 radical (unpaired) electrons. The van der Waals surface area contributed by atoms with Gasteiger partial charge in [-0.1, -0.05) is 43.5 Å². The Morgan fingerprint density at radius 3 is 2.53 bits per heavy atom. The maximum Gasteiger partial charge on any atom is 0.272 e. The largest absolute Gasteiger partial charge is 0.369 e. The molecule has 1 aliphatic rings. The molecule has 0 atom stereocenters. The molecular weight excluding hydrogens is 450 g/mol. The van der Waals surface area contributed by atoms with E-state index in [-0.39, 0.29) is 29.2 Å². The van der Waals surface area contributed by atoms with Crippen LogP contribution in [0.25, 0.3) is 0 Å². The molecule has 0 aliphatic carbocycles. The molecule has 0 fully saturated rings. The second-order valence-electron chi connectivity index (χ2n) is 7.69. The van der Waals surface area contributed by atoms with E-state index in [9.17, 15) is 18.5 Å². The van der Waals surface area contributed by atoms with Gasteiger partial charge in [-0.05, 0) is 36.5 Å². The summed E-state index contributed by atoms with van der Waals surface area (Å²) < 4.78 is 29.0. The number of nitrogens with zero attached hydrogens (tertiary/aromatic N) is 3. The fraction of sp³-hybridized carbons (Fsp3) is 0.391. The Morgan fingerprint density at radius 1 is 1.25 bits per heavy atom. The van der Waals surface area contributed by atoms with Gasteiger partial charge in [0.15, 0.2) is 0 Å². The normalized spacial score (nSPS) is 13.9. The van der Waals surface area contributed by atoms with E-state index < -0.39 is 14.9 Å². The zero-order valence-electron chi connectivity index (χ0n) is 18.2. The van der Waals surface area contributed by atoms with Crippen molar-refractivity contribution in [2.45, 2.75) is 44.6 Å². The first kappa shape index (κ1) is 24.1.